The summed E-state index contributed by atoms with van der Waals surface area (Å²) in [7, 11) is 0. The quantitative estimate of drug-likeness (QED) is 0.707. The van der Waals surface area contributed by atoms with Crippen molar-refractivity contribution in [2.45, 2.75) is 25.7 Å². The highest BCUT2D eigenvalue weighted by atomic mass is 32.1. The fourth-order valence-corrected chi connectivity index (χ4v) is 3.26. The molecule has 4 nitrogen and oxygen atoms in total. The third-order valence-electron chi connectivity index (χ3n) is 3.81. The van der Waals surface area contributed by atoms with Gasteiger partial charge in [-0.25, -0.2) is 4.98 Å². The van der Waals surface area contributed by atoms with Crippen molar-refractivity contribution < 1.29 is 9.90 Å². The van der Waals surface area contributed by atoms with Crippen molar-refractivity contribution in [3.8, 4) is 11.3 Å². The fourth-order valence-electron chi connectivity index (χ4n) is 2.45. The maximum absolute atomic E-state index is 10.6. The SMILES string of the molecule is O=C(O)CCc1ccc(-c2csc(CCc3ccncc3)n2)cc1. The Kier molecular flexibility index (Phi) is 5.33. The Morgan fingerprint density at radius 2 is 1.67 bits per heavy atom. The highest BCUT2D eigenvalue weighted by molar-refractivity contribution is 7.09. The van der Waals surface area contributed by atoms with E-state index < -0.39 is 5.97 Å². The Balaban J connectivity index is 1.61. The van der Waals surface area contributed by atoms with Gasteiger partial charge in [0.05, 0.1) is 10.7 Å². The van der Waals surface area contributed by atoms with Gasteiger partial charge in [-0.15, -0.1) is 11.3 Å². The van der Waals surface area contributed by atoms with E-state index in [0.717, 1.165) is 34.7 Å². The van der Waals surface area contributed by atoms with Crippen LogP contribution in [0.25, 0.3) is 11.3 Å². The molecule has 3 aromatic rings. The number of pyridine rings is 1. The molecule has 0 unspecified atom stereocenters. The number of hydrogen-bond acceptors (Lipinski definition) is 4. The van der Waals surface area contributed by atoms with Gasteiger partial charge in [-0.3, -0.25) is 9.78 Å². The number of hydrogen-bond donors (Lipinski definition) is 1. The summed E-state index contributed by atoms with van der Waals surface area (Å²) in [6.07, 6.45) is 6.23. The molecule has 0 aliphatic carbocycles. The monoisotopic (exact) mass is 338 g/mol. The van der Waals surface area contributed by atoms with Crippen LogP contribution in [-0.4, -0.2) is 21.0 Å². The molecule has 24 heavy (non-hydrogen) atoms. The minimum absolute atomic E-state index is 0.162. The van der Waals surface area contributed by atoms with Gasteiger partial charge in [0, 0.05) is 36.2 Å². The molecule has 1 N–H and O–H groups in total. The van der Waals surface area contributed by atoms with Crippen LogP contribution in [0, 0.1) is 0 Å². The van der Waals surface area contributed by atoms with Gasteiger partial charge < -0.3 is 5.11 Å². The predicted octanol–water partition coefficient (Wildman–Crippen LogP) is 4.01. The summed E-state index contributed by atoms with van der Waals surface area (Å²) in [5.74, 6) is -0.766. The first-order valence-electron chi connectivity index (χ1n) is 7.85. The lowest BCUT2D eigenvalue weighted by atomic mass is 10.1. The van der Waals surface area contributed by atoms with Crippen molar-refractivity contribution in [2.75, 3.05) is 0 Å². The van der Waals surface area contributed by atoms with E-state index in [1.54, 1.807) is 11.3 Å². The topological polar surface area (TPSA) is 63.1 Å². The van der Waals surface area contributed by atoms with Gasteiger partial charge in [-0.05, 0) is 36.1 Å². The minimum atomic E-state index is -0.766. The van der Waals surface area contributed by atoms with E-state index in [1.807, 2.05) is 48.8 Å². The second-order valence-electron chi connectivity index (χ2n) is 5.57. The molecular weight excluding hydrogens is 320 g/mol. The Labute approximate surface area is 144 Å². The first-order chi connectivity index (χ1) is 11.7. The third kappa shape index (κ3) is 4.49. The van der Waals surface area contributed by atoms with Crippen molar-refractivity contribution in [3.05, 3.63) is 70.3 Å². The van der Waals surface area contributed by atoms with E-state index in [2.05, 4.69) is 10.4 Å². The lowest BCUT2D eigenvalue weighted by Crippen LogP contribution is -1.97. The normalized spacial score (nSPS) is 10.7. The van der Waals surface area contributed by atoms with Crippen molar-refractivity contribution in [1.29, 1.82) is 0 Å². The average Bonchev–Trinajstić information content (AvgIpc) is 3.08. The average molecular weight is 338 g/mol. The zero-order chi connectivity index (χ0) is 16.8. The molecule has 0 radical (unpaired) electrons. The summed E-state index contributed by atoms with van der Waals surface area (Å²) in [6, 6.07) is 12.1. The standard InChI is InChI=1S/C19H18N2O2S/c22-19(23)8-4-14-1-5-16(6-2-14)17-13-24-18(21-17)7-3-15-9-11-20-12-10-15/h1-2,5-6,9-13H,3-4,7-8H2,(H,22,23). The largest absolute Gasteiger partial charge is 0.481 e. The molecular formula is C19H18N2O2S. The summed E-state index contributed by atoms with van der Waals surface area (Å²) < 4.78 is 0. The number of thiazole rings is 1. The molecule has 0 saturated heterocycles. The van der Waals surface area contributed by atoms with Crippen LogP contribution in [0.4, 0.5) is 0 Å². The van der Waals surface area contributed by atoms with E-state index >= 15 is 0 Å². The lowest BCUT2D eigenvalue weighted by molar-refractivity contribution is -0.136. The highest BCUT2D eigenvalue weighted by Crippen LogP contribution is 2.23. The van der Waals surface area contributed by atoms with Gasteiger partial charge >= 0.3 is 5.97 Å². The molecule has 0 fully saturated rings. The molecule has 0 aliphatic rings. The zero-order valence-electron chi connectivity index (χ0n) is 13.2. The van der Waals surface area contributed by atoms with Crippen LogP contribution >= 0.6 is 11.3 Å². The lowest BCUT2D eigenvalue weighted by Gasteiger charge is -2.01. The second-order valence-corrected chi connectivity index (χ2v) is 6.52. The number of aryl methyl sites for hydroxylation is 3. The molecule has 1 aromatic carbocycles. The maximum Gasteiger partial charge on any atom is 0.303 e. The molecule has 0 atom stereocenters. The third-order valence-corrected chi connectivity index (χ3v) is 4.71. The van der Waals surface area contributed by atoms with Gasteiger partial charge in [0.15, 0.2) is 0 Å². The smallest absolute Gasteiger partial charge is 0.303 e. The van der Waals surface area contributed by atoms with Crippen LogP contribution in [0.3, 0.4) is 0 Å². The van der Waals surface area contributed by atoms with Crippen LogP contribution in [0.1, 0.15) is 22.6 Å². The fraction of sp³-hybridized carbons (Fsp3) is 0.211. The number of carbonyl (C=O) groups is 1. The molecule has 3 rings (SSSR count). The summed E-state index contributed by atoms with van der Waals surface area (Å²) in [4.78, 5) is 19.4. The molecule has 0 amide bonds. The zero-order valence-corrected chi connectivity index (χ0v) is 14.0. The van der Waals surface area contributed by atoms with Crippen molar-refractivity contribution in [1.82, 2.24) is 9.97 Å². The van der Waals surface area contributed by atoms with Crippen molar-refractivity contribution >= 4 is 17.3 Å². The second kappa shape index (κ2) is 7.84. The van der Waals surface area contributed by atoms with Crippen molar-refractivity contribution in [2.24, 2.45) is 0 Å². The van der Waals surface area contributed by atoms with E-state index in [9.17, 15) is 4.79 Å². The highest BCUT2D eigenvalue weighted by Gasteiger charge is 2.06. The van der Waals surface area contributed by atoms with Crippen molar-refractivity contribution in [3.63, 3.8) is 0 Å². The van der Waals surface area contributed by atoms with Gasteiger partial charge in [0.25, 0.3) is 0 Å². The van der Waals surface area contributed by atoms with E-state index in [4.69, 9.17) is 10.1 Å². The number of nitrogens with zero attached hydrogens (tertiary/aromatic N) is 2. The Morgan fingerprint density at radius 1 is 0.958 bits per heavy atom. The number of carboxylic acids is 1. The Morgan fingerprint density at radius 3 is 2.38 bits per heavy atom. The maximum atomic E-state index is 10.6. The Hall–Kier alpha value is -2.53. The molecule has 0 aliphatic heterocycles. The van der Waals surface area contributed by atoms with Crippen LogP contribution in [0.5, 0.6) is 0 Å². The molecule has 0 bridgehead atoms. The molecule has 0 saturated carbocycles. The Bertz CT molecular complexity index is 798. The molecule has 5 heteroatoms. The van der Waals surface area contributed by atoms with Crippen LogP contribution in [0.2, 0.25) is 0 Å². The summed E-state index contributed by atoms with van der Waals surface area (Å²) >= 11 is 1.68. The number of carboxylic acid groups (broad SMARTS) is 1. The molecule has 2 aromatic heterocycles. The number of aliphatic carboxylic acids is 1. The predicted molar refractivity (Wildman–Crippen MR) is 95.2 cm³/mol. The van der Waals surface area contributed by atoms with Crippen LogP contribution in [0.15, 0.2) is 54.2 Å². The van der Waals surface area contributed by atoms with Gasteiger partial charge in [-0.1, -0.05) is 24.3 Å². The molecule has 0 spiro atoms. The first-order valence-corrected chi connectivity index (χ1v) is 8.73. The number of rotatable bonds is 7. The van der Waals surface area contributed by atoms with E-state index in [1.165, 1.54) is 5.56 Å². The van der Waals surface area contributed by atoms with Gasteiger partial charge in [-0.2, -0.15) is 0 Å². The number of aromatic nitrogens is 2. The van der Waals surface area contributed by atoms with Crippen LogP contribution < -0.4 is 0 Å². The van der Waals surface area contributed by atoms with Crippen LogP contribution in [-0.2, 0) is 24.1 Å². The molecule has 122 valence electrons. The van der Waals surface area contributed by atoms with Gasteiger partial charge in [0.1, 0.15) is 0 Å². The summed E-state index contributed by atoms with van der Waals surface area (Å²) in [5.41, 5.74) is 4.36. The summed E-state index contributed by atoms with van der Waals surface area (Å²) in [6.45, 7) is 0. The minimum Gasteiger partial charge on any atom is -0.481 e. The first kappa shape index (κ1) is 16.3. The molecule has 2 heterocycles. The summed E-state index contributed by atoms with van der Waals surface area (Å²) in [5, 5.41) is 11.9. The van der Waals surface area contributed by atoms with E-state index in [-0.39, 0.29) is 6.42 Å². The van der Waals surface area contributed by atoms with Gasteiger partial charge in [0.2, 0.25) is 0 Å². The number of benzene rings is 1. The van der Waals surface area contributed by atoms with E-state index in [0.29, 0.717) is 6.42 Å².